The zero-order chi connectivity index (χ0) is 18.4. The highest BCUT2D eigenvalue weighted by atomic mass is 32.1. The summed E-state index contributed by atoms with van der Waals surface area (Å²) in [6.45, 7) is 6.74. The number of aryl methyl sites for hydroxylation is 1. The Hall–Kier alpha value is -2.48. The molecular weight excluding hydrogens is 338 g/mol. The van der Waals surface area contributed by atoms with Crippen LogP contribution in [0.15, 0.2) is 24.3 Å². The molecule has 0 aliphatic heterocycles. The first-order valence-corrected chi connectivity index (χ1v) is 8.63. The van der Waals surface area contributed by atoms with E-state index in [-0.39, 0.29) is 24.9 Å². The third-order valence-corrected chi connectivity index (χ3v) is 4.12. The number of aromatic amines is 1. The minimum atomic E-state index is -0.181. The van der Waals surface area contributed by atoms with Crippen molar-refractivity contribution in [2.24, 2.45) is 0 Å². The van der Waals surface area contributed by atoms with Crippen LogP contribution in [-0.4, -0.2) is 51.1 Å². The first-order chi connectivity index (χ1) is 12.0. The number of nitrogens with zero attached hydrogens (tertiary/aromatic N) is 3. The van der Waals surface area contributed by atoms with Crippen molar-refractivity contribution in [1.82, 2.24) is 25.0 Å². The number of hydrogen-bond donors (Lipinski definition) is 2. The Labute approximate surface area is 152 Å². The van der Waals surface area contributed by atoms with E-state index in [0.29, 0.717) is 23.7 Å². The van der Waals surface area contributed by atoms with Gasteiger partial charge in [0.1, 0.15) is 6.54 Å². The summed E-state index contributed by atoms with van der Waals surface area (Å²) in [5.74, 6) is 0.249. The standard InChI is InChI=1S/C17H23N5O2S/c1-4-18-14(23)10-21(5-2)15(24)11-22-16(19-20-17(22)25)13-8-6-12(3)7-9-13/h6-9H,4-5,10-11H2,1-3H3,(H,18,23)(H,20,25). The molecule has 25 heavy (non-hydrogen) atoms. The van der Waals surface area contributed by atoms with Gasteiger partial charge in [-0.3, -0.25) is 19.3 Å². The van der Waals surface area contributed by atoms with E-state index in [0.717, 1.165) is 11.1 Å². The summed E-state index contributed by atoms with van der Waals surface area (Å²) in [6.07, 6.45) is 0. The lowest BCUT2D eigenvalue weighted by Gasteiger charge is -2.20. The van der Waals surface area contributed by atoms with Gasteiger partial charge in [-0.1, -0.05) is 29.8 Å². The summed E-state index contributed by atoms with van der Waals surface area (Å²) < 4.78 is 2.03. The molecule has 1 aromatic heterocycles. The van der Waals surface area contributed by atoms with Crippen molar-refractivity contribution in [2.45, 2.75) is 27.3 Å². The fourth-order valence-electron chi connectivity index (χ4n) is 2.43. The van der Waals surface area contributed by atoms with Gasteiger partial charge >= 0.3 is 0 Å². The third kappa shape index (κ3) is 4.76. The van der Waals surface area contributed by atoms with E-state index in [1.54, 1.807) is 4.57 Å². The van der Waals surface area contributed by atoms with Crippen molar-refractivity contribution >= 4 is 24.0 Å². The van der Waals surface area contributed by atoms with Crippen LogP contribution in [0.25, 0.3) is 11.4 Å². The number of likely N-dealkylation sites (N-methyl/N-ethyl adjacent to an activating group) is 2. The van der Waals surface area contributed by atoms with Crippen LogP contribution in [0.1, 0.15) is 19.4 Å². The Bertz CT molecular complexity index is 794. The number of carbonyl (C=O) groups is 2. The molecule has 0 radical (unpaired) electrons. The molecule has 2 rings (SSSR count). The van der Waals surface area contributed by atoms with Crippen molar-refractivity contribution < 1.29 is 9.59 Å². The molecule has 0 aliphatic carbocycles. The molecule has 0 saturated carbocycles. The average Bonchev–Trinajstić information content (AvgIpc) is 2.94. The highest BCUT2D eigenvalue weighted by molar-refractivity contribution is 7.71. The van der Waals surface area contributed by atoms with E-state index in [9.17, 15) is 9.59 Å². The fourth-order valence-corrected chi connectivity index (χ4v) is 2.62. The molecule has 1 heterocycles. The maximum absolute atomic E-state index is 12.6. The maximum atomic E-state index is 12.6. The number of H-pyrrole nitrogens is 1. The van der Waals surface area contributed by atoms with Crippen LogP contribution >= 0.6 is 12.2 Å². The summed E-state index contributed by atoms with van der Waals surface area (Å²) in [7, 11) is 0. The van der Waals surface area contributed by atoms with Crippen LogP contribution in [0.5, 0.6) is 0 Å². The van der Waals surface area contributed by atoms with Crippen molar-refractivity contribution in [1.29, 1.82) is 0 Å². The molecule has 0 fully saturated rings. The van der Waals surface area contributed by atoms with Gasteiger partial charge in [0.25, 0.3) is 0 Å². The lowest BCUT2D eigenvalue weighted by Crippen LogP contribution is -2.42. The Morgan fingerprint density at radius 3 is 2.56 bits per heavy atom. The maximum Gasteiger partial charge on any atom is 0.243 e. The number of hydrogen-bond acceptors (Lipinski definition) is 4. The topological polar surface area (TPSA) is 83.0 Å². The van der Waals surface area contributed by atoms with Crippen LogP contribution in [0.3, 0.4) is 0 Å². The SMILES string of the molecule is CCNC(=O)CN(CC)C(=O)Cn1c(-c2ccc(C)cc2)n[nH]c1=S. The molecule has 0 atom stereocenters. The van der Waals surface area contributed by atoms with Gasteiger partial charge in [-0.05, 0) is 33.0 Å². The summed E-state index contributed by atoms with van der Waals surface area (Å²) in [4.78, 5) is 25.9. The Morgan fingerprint density at radius 2 is 1.96 bits per heavy atom. The minimum Gasteiger partial charge on any atom is -0.355 e. The smallest absolute Gasteiger partial charge is 0.243 e. The molecular formula is C17H23N5O2S. The van der Waals surface area contributed by atoms with Crippen molar-refractivity contribution in [2.75, 3.05) is 19.6 Å². The predicted octanol–water partition coefficient (Wildman–Crippen LogP) is 1.90. The molecule has 0 spiro atoms. The van der Waals surface area contributed by atoms with Crippen LogP contribution in [0.2, 0.25) is 0 Å². The number of nitrogens with one attached hydrogen (secondary N) is 2. The molecule has 2 amide bonds. The van der Waals surface area contributed by atoms with Gasteiger partial charge < -0.3 is 10.2 Å². The second-order valence-corrected chi connectivity index (χ2v) is 6.05. The molecule has 0 unspecified atom stereocenters. The fraction of sp³-hybridized carbons (Fsp3) is 0.412. The van der Waals surface area contributed by atoms with Crippen molar-refractivity contribution in [3.63, 3.8) is 0 Å². The highest BCUT2D eigenvalue weighted by Crippen LogP contribution is 2.18. The van der Waals surface area contributed by atoms with Crippen LogP contribution in [0, 0.1) is 11.7 Å². The monoisotopic (exact) mass is 361 g/mol. The summed E-state index contributed by atoms with van der Waals surface area (Å²) in [5, 5.41) is 9.68. The van der Waals surface area contributed by atoms with Crippen LogP contribution in [0.4, 0.5) is 0 Å². The molecule has 0 saturated heterocycles. The lowest BCUT2D eigenvalue weighted by molar-refractivity contribution is -0.136. The summed E-state index contributed by atoms with van der Waals surface area (Å²) >= 11 is 5.26. The van der Waals surface area contributed by atoms with Gasteiger partial charge in [0.2, 0.25) is 11.8 Å². The molecule has 2 aromatic rings. The Kier molecular flexibility index (Phi) is 6.46. The van der Waals surface area contributed by atoms with Gasteiger partial charge in [-0.2, -0.15) is 5.10 Å². The molecule has 2 N–H and O–H groups in total. The van der Waals surface area contributed by atoms with E-state index in [2.05, 4.69) is 15.5 Å². The van der Waals surface area contributed by atoms with Gasteiger partial charge in [0.15, 0.2) is 10.6 Å². The molecule has 8 heteroatoms. The summed E-state index contributed by atoms with van der Waals surface area (Å²) in [6, 6.07) is 7.83. The van der Waals surface area contributed by atoms with Gasteiger partial charge in [-0.25, -0.2) is 0 Å². The first kappa shape index (κ1) is 18.9. The van der Waals surface area contributed by atoms with Crippen LogP contribution < -0.4 is 5.32 Å². The number of benzene rings is 1. The van der Waals surface area contributed by atoms with Crippen molar-refractivity contribution in [3.8, 4) is 11.4 Å². The average molecular weight is 361 g/mol. The van der Waals surface area contributed by atoms with Gasteiger partial charge in [0, 0.05) is 18.7 Å². The van der Waals surface area contributed by atoms with E-state index in [1.807, 2.05) is 45.0 Å². The lowest BCUT2D eigenvalue weighted by atomic mass is 10.1. The minimum absolute atomic E-state index is 0.0335. The zero-order valence-electron chi connectivity index (χ0n) is 14.7. The zero-order valence-corrected chi connectivity index (χ0v) is 15.5. The number of amides is 2. The number of rotatable bonds is 7. The quantitative estimate of drug-likeness (QED) is 0.738. The molecule has 7 nitrogen and oxygen atoms in total. The predicted molar refractivity (Wildman–Crippen MR) is 98.5 cm³/mol. The third-order valence-electron chi connectivity index (χ3n) is 3.80. The number of carbonyl (C=O) groups excluding carboxylic acids is 2. The van der Waals surface area contributed by atoms with E-state index in [4.69, 9.17) is 12.2 Å². The summed E-state index contributed by atoms with van der Waals surface area (Å²) in [5.41, 5.74) is 2.01. The van der Waals surface area contributed by atoms with E-state index < -0.39 is 0 Å². The van der Waals surface area contributed by atoms with Crippen molar-refractivity contribution in [3.05, 3.63) is 34.6 Å². The normalized spacial score (nSPS) is 10.5. The Balaban J connectivity index is 2.20. The number of aromatic nitrogens is 3. The highest BCUT2D eigenvalue weighted by Gasteiger charge is 2.18. The van der Waals surface area contributed by atoms with E-state index in [1.165, 1.54) is 4.90 Å². The molecule has 1 aromatic carbocycles. The molecule has 134 valence electrons. The second-order valence-electron chi connectivity index (χ2n) is 5.67. The van der Waals surface area contributed by atoms with Gasteiger partial charge in [-0.15, -0.1) is 0 Å². The molecule has 0 bridgehead atoms. The largest absolute Gasteiger partial charge is 0.355 e. The second kappa shape index (κ2) is 8.57. The van der Waals surface area contributed by atoms with Gasteiger partial charge in [0.05, 0.1) is 6.54 Å². The van der Waals surface area contributed by atoms with Crippen LogP contribution in [-0.2, 0) is 16.1 Å². The molecule has 0 aliphatic rings. The Morgan fingerprint density at radius 1 is 1.28 bits per heavy atom. The van der Waals surface area contributed by atoms with E-state index >= 15 is 0 Å². The first-order valence-electron chi connectivity index (χ1n) is 8.23.